The van der Waals surface area contributed by atoms with Crippen LogP contribution in [0.3, 0.4) is 0 Å². The number of ether oxygens (including phenoxy) is 1. The van der Waals surface area contributed by atoms with Crippen molar-refractivity contribution in [2.24, 2.45) is 0 Å². The molecule has 0 fully saturated rings. The number of hydrogen-bond donors (Lipinski definition) is 0. The van der Waals surface area contributed by atoms with Crippen molar-refractivity contribution in [3.05, 3.63) is 65.7 Å². The maximum Gasteiger partial charge on any atom is 0.118 e. The molecule has 0 heterocycles. The lowest BCUT2D eigenvalue weighted by Gasteiger charge is -1.93. The van der Waals surface area contributed by atoms with Crippen molar-refractivity contribution < 1.29 is 4.74 Å². The maximum absolute atomic E-state index is 4.91. The fraction of sp³-hybridized carbons (Fsp3) is 0.200. The second-order valence-electron chi connectivity index (χ2n) is 3.60. The minimum atomic E-state index is 0.910. The molecule has 0 aliphatic carbocycles. The van der Waals surface area contributed by atoms with Crippen LogP contribution in [0.25, 0.3) is 0 Å². The van der Waals surface area contributed by atoms with E-state index >= 15 is 0 Å². The van der Waals surface area contributed by atoms with Crippen LogP contribution in [0.15, 0.2) is 54.6 Å². The SMILES string of the molecule is COc1ccccc1.Cc1ccccc1C. The monoisotopic (exact) mass is 214 g/mol. The van der Waals surface area contributed by atoms with Crippen LogP contribution in [0.4, 0.5) is 0 Å². The van der Waals surface area contributed by atoms with Gasteiger partial charge in [0.15, 0.2) is 0 Å². The van der Waals surface area contributed by atoms with Gasteiger partial charge in [-0.05, 0) is 37.1 Å². The number of methoxy groups -OCH3 is 1. The molecule has 0 bridgehead atoms. The highest BCUT2D eigenvalue weighted by Crippen LogP contribution is 2.05. The molecule has 1 heteroatoms. The minimum absolute atomic E-state index is 0.910. The molecular weight excluding hydrogens is 196 g/mol. The van der Waals surface area contributed by atoms with Gasteiger partial charge in [0.2, 0.25) is 0 Å². The Bertz CT molecular complexity index is 386. The Hall–Kier alpha value is -1.76. The van der Waals surface area contributed by atoms with Crippen molar-refractivity contribution in [2.45, 2.75) is 13.8 Å². The average Bonchev–Trinajstić information content (AvgIpc) is 2.35. The first-order valence-corrected chi connectivity index (χ1v) is 5.35. The van der Waals surface area contributed by atoms with Gasteiger partial charge in [-0.15, -0.1) is 0 Å². The van der Waals surface area contributed by atoms with Crippen molar-refractivity contribution in [2.75, 3.05) is 7.11 Å². The Labute approximate surface area is 97.7 Å². The van der Waals surface area contributed by atoms with Crippen LogP contribution in [0.1, 0.15) is 11.1 Å². The van der Waals surface area contributed by atoms with Crippen LogP contribution in [0.2, 0.25) is 0 Å². The lowest BCUT2D eigenvalue weighted by molar-refractivity contribution is 0.415. The summed E-state index contributed by atoms with van der Waals surface area (Å²) in [5, 5.41) is 0. The third kappa shape index (κ3) is 4.18. The molecule has 0 radical (unpaired) electrons. The standard InChI is InChI=1S/C8H10.C7H8O/c1-7-5-3-4-6-8(7)2;1-8-7-5-3-2-4-6-7/h3-6H,1-2H3;2-6H,1H3. The van der Waals surface area contributed by atoms with Gasteiger partial charge in [0.25, 0.3) is 0 Å². The summed E-state index contributed by atoms with van der Waals surface area (Å²) in [5.74, 6) is 0.910. The van der Waals surface area contributed by atoms with Gasteiger partial charge in [-0.25, -0.2) is 0 Å². The predicted molar refractivity (Wildman–Crippen MR) is 68.9 cm³/mol. The molecule has 1 nitrogen and oxygen atoms in total. The first-order valence-electron chi connectivity index (χ1n) is 5.35. The van der Waals surface area contributed by atoms with Gasteiger partial charge < -0.3 is 4.74 Å². The normalized spacial score (nSPS) is 8.94. The van der Waals surface area contributed by atoms with Crippen molar-refractivity contribution in [1.29, 1.82) is 0 Å². The number of aryl methyl sites for hydroxylation is 2. The van der Waals surface area contributed by atoms with Gasteiger partial charge in [0.05, 0.1) is 7.11 Å². The summed E-state index contributed by atoms with van der Waals surface area (Å²) < 4.78 is 4.91. The highest BCUT2D eigenvalue weighted by atomic mass is 16.5. The van der Waals surface area contributed by atoms with E-state index in [1.807, 2.05) is 30.3 Å². The Morgan fingerprint density at radius 2 is 1.12 bits per heavy atom. The van der Waals surface area contributed by atoms with Gasteiger partial charge >= 0.3 is 0 Å². The molecule has 0 spiro atoms. The Kier molecular flexibility index (Phi) is 5.13. The Balaban J connectivity index is 0.000000160. The van der Waals surface area contributed by atoms with Gasteiger partial charge in [-0.3, -0.25) is 0 Å². The topological polar surface area (TPSA) is 9.23 Å². The Morgan fingerprint density at radius 1 is 0.688 bits per heavy atom. The lowest BCUT2D eigenvalue weighted by Crippen LogP contribution is -1.78. The smallest absolute Gasteiger partial charge is 0.118 e. The van der Waals surface area contributed by atoms with Crippen LogP contribution in [-0.2, 0) is 0 Å². The predicted octanol–water partition coefficient (Wildman–Crippen LogP) is 4.00. The second-order valence-corrected chi connectivity index (χ2v) is 3.60. The summed E-state index contributed by atoms with van der Waals surface area (Å²) in [6.07, 6.45) is 0. The maximum atomic E-state index is 4.91. The molecule has 0 saturated heterocycles. The first-order chi connectivity index (χ1) is 7.74. The zero-order valence-electron chi connectivity index (χ0n) is 10.1. The van der Waals surface area contributed by atoms with E-state index < -0.39 is 0 Å². The van der Waals surface area contributed by atoms with Crippen LogP contribution in [0, 0.1) is 13.8 Å². The molecule has 0 aromatic heterocycles. The Morgan fingerprint density at radius 3 is 1.44 bits per heavy atom. The fourth-order valence-electron chi connectivity index (χ4n) is 1.22. The summed E-state index contributed by atoms with van der Waals surface area (Å²) in [5.41, 5.74) is 2.74. The zero-order valence-corrected chi connectivity index (χ0v) is 10.1. The second kappa shape index (κ2) is 6.67. The molecule has 2 rings (SSSR count). The number of benzene rings is 2. The van der Waals surface area contributed by atoms with E-state index in [0.717, 1.165) is 5.75 Å². The van der Waals surface area contributed by atoms with Crippen LogP contribution in [-0.4, -0.2) is 7.11 Å². The summed E-state index contributed by atoms with van der Waals surface area (Å²) in [6, 6.07) is 18.0. The molecule has 0 N–H and O–H groups in total. The van der Waals surface area contributed by atoms with Crippen molar-refractivity contribution >= 4 is 0 Å². The van der Waals surface area contributed by atoms with Crippen molar-refractivity contribution in [1.82, 2.24) is 0 Å². The van der Waals surface area contributed by atoms with E-state index in [-0.39, 0.29) is 0 Å². The molecule has 0 amide bonds. The first kappa shape index (κ1) is 12.3. The summed E-state index contributed by atoms with van der Waals surface area (Å²) in [4.78, 5) is 0. The van der Waals surface area contributed by atoms with E-state index in [2.05, 4.69) is 38.1 Å². The van der Waals surface area contributed by atoms with E-state index in [0.29, 0.717) is 0 Å². The molecule has 84 valence electrons. The molecular formula is C15H18O. The summed E-state index contributed by atoms with van der Waals surface area (Å²) in [6.45, 7) is 4.24. The molecule has 0 unspecified atom stereocenters. The largest absolute Gasteiger partial charge is 0.497 e. The molecule has 16 heavy (non-hydrogen) atoms. The highest BCUT2D eigenvalue weighted by molar-refractivity contribution is 5.23. The van der Waals surface area contributed by atoms with E-state index in [1.165, 1.54) is 11.1 Å². The quantitative estimate of drug-likeness (QED) is 0.697. The van der Waals surface area contributed by atoms with E-state index in [1.54, 1.807) is 7.11 Å². The third-order valence-corrected chi connectivity index (χ3v) is 2.40. The lowest BCUT2D eigenvalue weighted by atomic mass is 10.1. The minimum Gasteiger partial charge on any atom is -0.497 e. The van der Waals surface area contributed by atoms with Crippen LogP contribution < -0.4 is 4.74 Å². The van der Waals surface area contributed by atoms with Gasteiger partial charge in [-0.1, -0.05) is 42.5 Å². The molecule has 0 atom stereocenters. The number of hydrogen-bond acceptors (Lipinski definition) is 1. The van der Waals surface area contributed by atoms with Crippen molar-refractivity contribution in [3.8, 4) is 5.75 Å². The molecule has 0 saturated carbocycles. The van der Waals surface area contributed by atoms with Gasteiger partial charge in [0, 0.05) is 0 Å². The van der Waals surface area contributed by atoms with Crippen LogP contribution in [0.5, 0.6) is 5.75 Å². The molecule has 0 aliphatic heterocycles. The van der Waals surface area contributed by atoms with E-state index in [9.17, 15) is 0 Å². The highest BCUT2D eigenvalue weighted by Gasteiger charge is 1.83. The molecule has 2 aromatic carbocycles. The summed E-state index contributed by atoms with van der Waals surface area (Å²) >= 11 is 0. The zero-order chi connectivity index (χ0) is 11.8. The number of rotatable bonds is 1. The van der Waals surface area contributed by atoms with Crippen molar-refractivity contribution in [3.63, 3.8) is 0 Å². The average molecular weight is 214 g/mol. The number of para-hydroxylation sites is 1. The van der Waals surface area contributed by atoms with E-state index in [4.69, 9.17) is 4.74 Å². The summed E-state index contributed by atoms with van der Waals surface area (Å²) in [7, 11) is 1.66. The van der Waals surface area contributed by atoms with Gasteiger partial charge in [-0.2, -0.15) is 0 Å². The van der Waals surface area contributed by atoms with Gasteiger partial charge in [0.1, 0.15) is 5.75 Å². The fourth-order valence-corrected chi connectivity index (χ4v) is 1.22. The molecule has 0 aliphatic rings. The van der Waals surface area contributed by atoms with Crippen LogP contribution >= 0.6 is 0 Å². The molecule has 2 aromatic rings. The third-order valence-electron chi connectivity index (χ3n) is 2.40.